The highest BCUT2D eigenvalue weighted by atomic mass is 16.5. The number of amides is 2. The molecule has 2 aliphatic rings. The van der Waals surface area contributed by atoms with E-state index in [0.717, 1.165) is 12.8 Å². The molecule has 1 heterocycles. The predicted octanol–water partition coefficient (Wildman–Crippen LogP) is 1.04. The molecule has 1 saturated carbocycles. The number of carbonyl (C=O) groups excluding carboxylic acids is 2. The van der Waals surface area contributed by atoms with Gasteiger partial charge in [-0.15, -0.1) is 6.42 Å². The average molecular weight is 284 g/mol. The van der Waals surface area contributed by atoms with Crippen molar-refractivity contribution in [1.29, 1.82) is 0 Å². The van der Waals surface area contributed by atoms with Gasteiger partial charge in [-0.05, 0) is 25.0 Å². The molecular formula is C16H16N2O3. The van der Waals surface area contributed by atoms with Crippen molar-refractivity contribution in [3.63, 3.8) is 0 Å². The van der Waals surface area contributed by atoms with E-state index >= 15 is 0 Å². The molecule has 108 valence electrons. The maximum absolute atomic E-state index is 12.4. The van der Waals surface area contributed by atoms with Gasteiger partial charge in [0.15, 0.2) is 6.61 Å². The van der Waals surface area contributed by atoms with Crippen LogP contribution < -0.4 is 9.64 Å². The maximum atomic E-state index is 12.4. The van der Waals surface area contributed by atoms with Crippen LogP contribution in [-0.4, -0.2) is 42.5 Å². The highest BCUT2D eigenvalue weighted by Crippen LogP contribution is 2.32. The summed E-state index contributed by atoms with van der Waals surface area (Å²) in [6, 6.07) is 7.46. The molecule has 3 rings (SSSR count). The fourth-order valence-electron chi connectivity index (χ4n) is 2.46. The molecule has 1 aromatic rings. The number of para-hydroxylation sites is 2. The van der Waals surface area contributed by atoms with Crippen LogP contribution in [0.3, 0.4) is 0 Å². The Bertz CT molecular complexity index is 616. The van der Waals surface area contributed by atoms with Gasteiger partial charge in [0.1, 0.15) is 12.3 Å². The van der Waals surface area contributed by atoms with E-state index in [1.807, 2.05) is 12.1 Å². The van der Waals surface area contributed by atoms with Gasteiger partial charge in [-0.25, -0.2) is 0 Å². The van der Waals surface area contributed by atoms with Crippen LogP contribution in [0.15, 0.2) is 24.3 Å². The summed E-state index contributed by atoms with van der Waals surface area (Å²) in [7, 11) is 0. The number of nitrogens with zero attached hydrogens (tertiary/aromatic N) is 2. The zero-order valence-corrected chi connectivity index (χ0v) is 11.6. The molecule has 0 N–H and O–H groups in total. The van der Waals surface area contributed by atoms with Crippen molar-refractivity contribution < 1.29 is 14.3 Å². The Morgan fingerprint density at radius 2 is 2.19 bits per heavy atom. The Balaban J connectivity index is 1.79. The van der Waals surface area contributed by atoms with Crippen LogP contribution in [0.5, 0.6) is 5.75 Å². The molecule has 0 saturated heterocycles. The second-order valence-corrected chi connectivity index (χ2v) is 5.19. The predicted molar refractivity (Wildman–Crippen MR) is 77.9 cm³/mol. The number of hydrogen-bond donors (Lipinski definition) is 0. The van der Waals surface area contributed by atoms with E-state index in [1.54, 1.807) is 17.0 Å². The van der Waals surface area contributed by atoms with Gasteiger partial charge in [0.25, 0.3) is 5.91 Å². The number of carbonyl (C=O) groups is 2. The van der Waals surface area contributed by atoms with E-state index in [2.05, 4.69) is 5.92 Å². The standard InChI is InChI=1S/C16H16N2O3/c1-2-9-17(12-7-8-12)15(19)10-18-13-5-3-4-6-14(13)21-11-16(18)20/h1,3-6,12H,7-11H2. The Morgan fingerprint density at radius 3 is 2.90 bits per heavy atom. The normalized spacial score (nSPS) is 16.7. The number of anilines is 1. The Morgan fingerprint density at radius 1 is 1.43 bits per heavy atom. The van der Waals surface area contributed by atoms with Crippen LogP contribution in [0.4, 0.5) is 5.69 Å². The van der Waals surface area contributed by atoms with Crippen LogP contribution in [0.25, 0.3) is 0 Å². The maximum Gasteiger partial charge on any atom is 0.265 e. The van der Waals surface area contributed by atoms with Crippen molar-refractivity contribution in [2.75, 3.05) is 24.6 Å². The minimum Gasteiger partial charge on any atom is -0.482 e. The van der Waals surface area contributed by atoms with Gasteiger partial charge in [-0.3, -0.25) is 14.5 Å². The number of ether oxygens (including phenoxy) is 1. The van der Waals surface area contributed by atoms with Crippen molar-refractivity contribution in [1.82, 2.24) is 4.90 Å². The molecular weight excluding hydrogens is 268 g/mol. The van der Waals surface area contributed by atoms with E-state index in [0.29, 0.717) is 18.0 Å². The first-order chi connectivity index (χ1) is 10.2. The lowest BCUT2D eigenvalue weighted by Crippen LogP contribution is -2.47. The minimum atomic E-state index is -0.210. The second kappa shape index (κ2) is 5.49. The molecule has 0 spiro atoms. The van der Waals surface area contributed by atoms with Gasteiger partial charge in [0, 0.05) is 6.04 Å². The third-order valence-electron chi connectivity index (χ3n) is 3.67. The van der Waals surface area contributed by atoms with E-state index in [-0.39, 0.29) is 31.0 Å². The number of hydrogen-bond acceptors (Lipinski definition) is 3. The first-order valence-electron chi connectivity index (χ1n) is 6.96. The monoisotopic (exact) mass is 284 g/mol. The van der Waals surface area contributed by atoms with Crippen molar-refractivity contribution in [3.8, 4) is 18.1 Å². The lowest BCUT2D eigenvalue weighted by atomic mass is 10.2. The first-order valence-corrected chi connectivity index (χ1v) is 6.96. The van der Waals surface area contributed by atoms with Crippen LogP contribution >= 0.6 is 0 Å². The SMILES string of the molecule is C#CCN(C(=O)CN1C(=O)COc2ccccc21)C1CC1. The first kappa shape index (κ1) is 13.5. The highest BCUT2D eigenvalue weighted by molar-refractivity contribution is 6.02. The number of rotatable bonds is 4. The summed E-state index contributed by atoms with van der Waals surface area (Å²) in [6.45, 7) is 0.268. The molecule has 5 heteroatoms. The summed E-state index contributed by atoms with van der Waals surface area (Å²) in [6.07, 6.45) is 7.30. The molecule has 1 aliphatic carbocycles. The zero-order valence-electron chi connectivity index (χ0n) is 11.6. The van der Waals surface area contributed by atoms with E-state index < -0.39 is 0 Å². The fraction of sp³-hybridized carbons (Fsp3) is 0.375. The molecule has 1 aliphatic heterocycles. The van der Waals surface area contributed by atoms with Crippen molar-refractivity contribution in [3.05, 3.63) is 24.3 Å². The Labute approximate surface area is 123 Å². The van der Waals surface area contributed by atoms with Gasteiger partial charge in [-0.2, -0.15) is 0 Å². The summed E-state index contributed by atoms with van der Waals surface area (Å²) < 4.78 is 5.37. The van der Waals surface area contributed by atoms with E-state index in [1.165, 1.54) is 4.90 Å². The molecule has 0 radical (unpaired) electrons. The molecule has 0 unspecified atom stereocenters. The third-order valence-corrected chi connectivity index (χ3v) is 3.67. The third kappa shape index (κ3) is 2.70. The van der Waals surface area contributed by atoms with Crippen molar-refractivity contribution >= 4 is 17.5 Å². The lowest BCUT2D eigenvalue weighted by molar-refractivity contribution is -0.132. The van der Waals surface area contributed by atoms with E-state index in [9.17, 15) is 9.59 Å². The number of fused-ring (bicyclic) bond motifs is 1. The van der Waals surface area contributed by atoms with Gasteiger partial charge in [0.05, 0.1) is 12.2 Å². The highest BCUT2D eigenvalue weighted by Gasteiger charge is 2.34. The van der Waals surface area contributed by atoms with Gasteiger partial charge in [-0.1, -0.05) is 18.1 Å². The van der Waals surface area contributed by atoms with E-state index in [4.69, 9.17) is 11.2 Å². The van der Waals surface area contributed by atoms with Crippen LogP contribution in [0.2, 0.25) is 0 Å². The van der Waals surface area contributed by atoms with Crippen molar-refractivity contribution in [2.24, 2.45) is 0 Å². The lowest BCUT2D eigenvalue weighted by Gasteiger charge is -2.30. The number of terminal acetylenes is 1. The Hall–Kier alpha value is -2.48. The largest absolute Gasteiger partial charge is 0.482 e. The van der Waals surface area contributed by atoms with Crippen molar-refractivity contribution in [2.45, 2.75) is 18.9 Å². The minimum absolute atomic E-state index is 0.0113. The summed E-state index contributed by atoms with van der Waals surface area (Å²) in [4.78, 5) is 27.6. The van der Waals surface area contributed by atoms with Gasteiger partial charge >= 0.3 is 0 Å². The molecule has 0 bridgehead atoms. The number of benzene rings is 1. The molecule has 0 aromatic heterocycles. The molecule has 21 heavy (non-hydrogen) atoms. The molecule has 5 nitrogen and oxygen atoms in total. The Kier molecular flexibility index (Phi) is 3.53. The molecule has 1 aromatic carbocycles. The summed E-state index contributed by atoms with van der Waals surface area (Å²) in [5, 5.41) is 0. The summed E-state index contributed by atoms with van der Waals surface area (Å²) in [5.41, 5.74) is 0.638. The second-order valence-electron chi connectivity index (χ2n) is 5.19. The molecule has 2 amide bonds. The van der Waals surface area contributed by atoms with Crippen LogP contribution in [-0.2, 0) is 9.59 Å². The zero-order chi connectivity index (χ0) is 14.8. The van der Waals surface area contributed by atoms with Crippen LogP contribution in [0.1, 0.15) is 12.8 Å². The average Bonchev–Trinajstić information content (AvgIpc) is 3.32. The van der Waals surface area contributed by atoms with Gasteiger partial charge < -0.3 is 9.64 Å². The summed E-state index contributed by atoms with van der Waals surface area (Å²) >= 11 is 0. The molecule has 1 fully saturated rings. The van der Waals surface area contributed by atoms with Gasteiger partial charge in [0.2, 0.25) is 5.91 Å². The molecule has 0 atom stereocenters. The summed E-state index contributed by atoms with van der Waals surface area (Å²) in [5.74, 6) is 2.82. The quantitative estimate of drug-likeness (QED) is 0.776. The topological polar surface area (TPSA) is 49.9 Å². The smallest absolute Gasteiger partial charge is 0.265 e. The fourth-order valence-corrected chi connectivity index (χ4v) is 2.46. The van der Waals surface area contributed by atoms with Crippen LogP contribution in [0, 0.1) is 12.3 Å².